The lowest BCUT2D eigenvalue weighted by molar-refractivity contribution is 1.10. The summed E-state index contributed by atoms with van der Waals surface area (Å²) in [5.74, 6) is 0.431. The predicted octanol–water partition coefficient (Wildman–Crippen LogP) is 3.82. The van der Waals surface area contributed by atoms with Gasteiger partial charge >= 0.3 is 0 Å². The van der Waals surface area contributed by atoms with Crippen LogP contribution in [0.5, 0.6) is 0 Å². The van der Waals surface area contributed by atoms with E-state index in [1.54, 1.807) is 6.20 Å². The van der Waals surface area contributed by atoms with E-state index in [9.17, 15) is 0 Å². The Labute approximate surface area is 96.3 Å². The lowest BCUT2D eigenvalue weighted by atomic mass is 10.5. The minimum Gasteiger partial charge on any atom is -0.381 e. The number of hydrogen-bond donors (Lipinski definition) is 1. The van der Waals surface area contributed by atoms with E-state index in [2.05, 4.69) is 25.9 Å². The summed E-state index contributed by atoms with van der Waals surface area (Å²) in [6.07, 6.45) is 1.63. The van der Waals surface area contributed by atoms with Crippen LogP contribution in [0.1, 0.15) is 40.8 Å². The van der Waals surface area contributed by atoms with E-state index in [0.29, 0.717) is 10.4 Å². The summed E-state index contributed by atoms with van der Waals surface area (Å²) in [5.41, 5.74) is 6.23. The molecule has 0 amide bonds. The molecule has 2 N–H and O–H groups in total. The minimum absolute atomic E-state index is 0. The van der Waals surface area contributed by atoms with Crippen LogP contribution < -0.4 is 5.73 Å². The van der Waals surface area contributed by atoms with Gasteiger partial charge in [-0.15, -0.1) is 0 Å². The molecule has 1 rings (SSSR count). The smallest absolute Gasteiger partial charge is 0.156 e. The van der Waals surface area contributed by atoms with Crippen molar-refractivity contribution in [1.82, 2.24) is 9.97 Å². The zero-order valence-electron chi connectivity index (χ0n) is 8.93. The van der Waals surface area contributed by atoms with Crippen molar-refractivity contribution in [2.24, 2.45) is 0 Å². The fourth-order valence-electron chi connectivity index (χ4n) is 0.457. The summed E-state index contributed by atoms with van der Waals surface area (Å²) in [7, 11) is 0. The molecule has 0 saturated carbocycles. The van der Waals surface area contributed by atoms with Gasteiger partial charge in [-0.2, -0.15) is 0 Å². The number of nitrogens with two attached hydrogens (primary N) is 1. The Kier molecular flexibility index (Phi) is 16.8. The third-order valence-electron chi connectivity index (χ3n) is 0.876. The maximum absolute atomic E-state index is 5.37. The fraction of sp³-hybridized carbons (Fsp3) is 0.600. The van der Waals surface area contributed by atoms with Gasteiger partial charge in [0.2, 0.25) is 0 Å². The molecule has 0 aliphatic rings. The van der Waals surface area contributed by atoms with E-state index in [1.807, 2.05) is 34.6 Å². The van der Waals surface area contributed by atoms with Crippen molar-refractivity contribution in [3.8, 4) is 0 Å². The van der Waals surface area contributed by atoms with Crippen LogP contribution in [0.25, 0.3) is 0 Å². The maximum Gasteiger partial charge on any atom is 0.156 e. The number of hydrogen-bond acceptors (Lipinski definition) is 3. The lowest BCUT2D eigenvalue weighted by Gasteiger charge is -1.94. The first kappa shape index (κ1) is 19.0. The van der Waals surface area contributed by atoms with Crippen LogP contribution in [-0.4, -0.2) is 9.97 Å². The summed E-state index contributed by atoms with van der Waals surface area (Å²) < 4.78 is 0.613. The van der Waals surface area contributed by atoms with Crippen molar-refractivity contribution >= 4 is 21.7 Å². The molecule has 0 fully saturated rings. The molecule has 3 nitrogen and oxygen atoms in total. The largest absolute Gasteiger partial charge is 0.381 e. The van der Waals surface area contributed by atoms with Gasteiger partial charge in [0.25, 0.3) is 0 Å². The third kappa shape index (κ3) is 7.98. The first-order valence-corrected chi connectivity index (χ1v) is 5.24. The zero-order valence-corrected chi connectivity index (χ0v) is 10.5. The van der Waals surface area contributed by atoms with Crippen molar-refractivity contribution in [2.45, 2.75) is 42.0 Å². The molecule has 0 bridgehead atoms. The van der Waals surface area contributed by atoms with Crippen LogP contribution in [-0.2, 0) is 0 Å². The van der Waals surface area contributed by atoms with E-state index in [-0.39, 0.29) is 7.43 Å². The van der Waals surface area contributed by atoms with Crippen LogP contribution >= 0.6 is 15.9 Å². The van der Waals surface area contributed by atoms with E-state index >= 15 is 0 Å². The van der Waals surface area contributed by atoms with Crippen LogP contribution in [0.2, 0.25) is 0 Å². The average Bonchev–Trinajstić information content (AvgIpc) is 2.18. The number of nitrogen functional groups attached to an aromatic ring is 1. The monoisotopic (exact) mass is 263 g/mol. The molecule has 0 saturated heterocycles. The average molecular weight is 264 g/mol. The van der Waals surface area contributed by atoms with Gasteiger partial charge in [0, 0.05) is 0 Å². The summed E-state index contributed by atoms with van der Waals surface area (Å²) in [6, 6.07) is 0. The van der Waals surface area contributed by atoms with Gasteiger partial charge in [0.1, 0.15) is 4.60 Å². The Morgan fingerprint density at radius 3 is 1.93 bits per heavy atom. The zero-order chi connectivity index (χ0) is 10.9. The van der Waals surface area contributed by atoms with Gasteiger partial charge in [-0.1, -0.05) is 35.1 Å². The Balaban J connectivity index is -0.000000216. The van der Waals surface area contributed by atoms with Crippen LogP contribution in [0.3, 0.4) is 0 Å². The number of rotatable bonds is 0. The number of aromatic nitrogens is 2. The molecule has 1 aromatic heterocycles. The van der Waals surface area contributed by atoms with Crippen molar-refractivity contribution in [1.29, 1.82) is 0 Å². The number of halogens is 1. The van der Waals surface area contributed by atoms with Gasteiger partial charge in [0.05, 0.1) is 11.9 Å². The molecule has 0 unspecified atom stereocenters. The Hall–Kier alpha value is -0.640. The molecular weight excluding hydrogens is 242 g/mol. The summed E-state index contributed by atoms with van der Waals surface area (Å²) in [4.78, 5) is 7.85. The van der Waals surface area contributed by atoms with Crippen LogP contribution in [0.4, 0.5) is 5.82 Å². The molecule has 0 aromatic carbocycles. The Morgan fingerprint density at radius 2 is 1.64 bits per heavy atom. The second kappa shape index (κ2) is 12.4. The second-order valence-corrected chi connectivity index (χ2v) is 2.44. The molecular formula is C10H22BrN3. The molecule has 0 radical (unpaired) electrons. The molecule has 14 heavy (non-hydrogen) atoms. The van der Waals surface area contributed by atoms with Crippen molar-refractivity contribution in [3.05, 3.63) is 16.5 Å². The lowest BCUT2D eigenvalue weighted by Crippen LogP contribution is -1.94. The van der Waals surface area contributed by atoms with Gasteiger partial charge in [-0.05, 0) is 22.9 Å². The molecule has 1 aromatic rings. The highest BCUT2D eigenvalue weighted by Gasteiger charge is 1.95. The first-order valence-electron chi connectivity index (χ1n) is 4.45. The number of anilines is 1. The van der Waals surface area contributed by atoms with Gasteiger partial charge in [-0.3, -0.25) is 0 Å². The standard InChI is InChI=1S/C5H6BrN3.2C2H6.CH4/c1-3-2-8-5(7)4(6)9-3;2*1-2;/h2H,1H3,(H2,7,8);2*1-2H3;1H4. The van der Waals surface area contributed by atoms with Gasteiger partial charge < -0.3 is 5.73 Å². The first-order chi connectivity index (χ1) is 6.20. The van der Waals surface area contributed by atoms with E-state index in [0.717, 1.165) is 5.69 Å². The minimum atomic E-state index is 0. The highest BCUT2D eigenvalue weighted by atomic mass is 79.9. The van der Waals surface area contributed by atoms with E-state index < -0.39 is 0 Å². The van der Waals surface area contributed by atoms with E-state index in [1.165, 1.54) is 0 Å². The molecule has 84 valence electrons. The topological polar surface area (TPSA) is 51.8 Å². The van der Waals surface area contributed by atoms with Crippen LogP contribution in [0, 0.1) is 6.92 Å². The molecule has 0 aliphatic heterocycles. The Bertz CT molecular complexity index is 227. The molecule has 0 spiro atoms. The maximum atomic E-state index is 5.37. The normalized spacial score (nSPS) is 7.00. The SMILES string of the molecule is C.CC.CC.Cc1cnc(N)c(Br)n1. The highest BCUT2D eigenvalue weighted by molar-refractivity contribution is 9.10. The summed E-state index contributed by atoms with van der Waals surface area (Å²) >= 11 is 3.15. The molecule has 0 aliphatic carbocycles. The number of nitrogens with zero attached hydrogens (tertiary/aromatic N) is 2. The Morgan fingerprint density at radius 1 is 1.21 bits per heavy atom. The van der Waals surface area contributed by atoms with Crippen molar-refractivity contribution in [2.75, 3.05) is 5.73 Å². The van der Waals surface area contributed by atoms with Crippen molar-refractivity contribution in [3.63, 3.8) is 0 Å². The molecule has 0 atom stereocenters. The quantitative estimate of drug-likeness (QED) is 0.775. The van der Waals surface area contributed by atoms with Crippen molar-refractivity contribution < 1.29 is 0 Å². The third-order valence-corrected chi connectivity index (χ3v) is 1.46. The van der Waals surface area contributed by atoms with Gasteiger partial charge in [-0.25, -0.2) is 9.97 Å². The predicted molar refractivity (Wildman–Crippen MR) is 68.3 cm³/mol. The number of aryl methyl sites for hydroxylation is 1. The molecule has 4 heteroatoms. The van der Waals surface area contributed by atoms with Gasteiger partial charge in [0.15, 0.2) is 5.82 Å². The highest BCUT2D eigenvalue weighted by Crippen LogP contribution is 2.11. The summed E-state index contributed by atoms with van der Waals surface area (Å²) in [5, 5.41) is 0. The molecule has 1 heterocycles. The fourth-order valence-corrected chi connectivity index (χ4v) is 0.839. The summed E-state index contributed by atoms with van der Waals surface area (Å²) in [6.45, 7) is 9.86. The second-order valence-electron chi connectivity index (χ2n) is 1.69. The van der Waals surface area contributed by atoms with E-state index in [4.69, 9.17) is 5.73 Å². The van der Waals surface area contributed by atoms with Crippen LogP contribution in [0.15, 0.2) is 10.8 Å².